The zero-order chi connectivity index (χ0) is 13.0. The van der Waals surface area contributed by atoms with Gasteiger partial charge in [-0.2, -0.15) is 0 Å². The highest BCUT2D eigenvalue weighted by molar-refractivity contribution is 7.89. The summed E-state index contributed by atoms with van der Waals surface area (Å²) in [4.78, 5) is 10.2. The summed E-state index contributed by atoms with van der Waals surface area (Å²) in [5.74, 6) is 0.292. The number of aromatic nitrogens is 1. The Labute approximate surface area is 106 Å². The molecule has 2 N–H and O–H groups in total. The molecule has 0 aliphatic carbocycles. The van der Waals surface area contributed by atoms with E-state index in [-0.39, 0.29) is 0 Å². The third-order valence-electron chi connectivity index (χ3n) is 2.31. The van der Waals surface area contributed by atoms with Gasteiger partial charge in [0.05, 0.1) is 19.6 Å². The van der Waals surface area contributed by atoms with Crippen molar-refractivity contribution in [3.8, 4) is 0 Å². The molecule has 1 aromatic rings. The Morgan fingerprint density at radius 1 is 1.56 bits per heavy atom. The Morgan fingerprint density at radius 2 is 2.39 bits per heavy atom. The van der Waals surface area contributed by atoms with Crippen LogP contribution >= 0.6 is 0 Å². The molecule has 0 saturated heterocycles. The maximum atomic E-state index is 11.0. The lowest BCUT2D eigenvalue weighted by atomic mass is 10.3. The Balaban J connectivity index is 1.90. The van der Waals surface area contributed by atoms with Gasteiger partial charge in [0.2, 0.25) is 16.0 Å². The summed E-state index contributed by atoms with van der Waals surface area (Å²) >= 11 is 0. The zero-order valence-corrected chi connectivity index (χ0v) is 10.8. The fourth-order valence-electron chi connectivity index (χ4n) is 1.56. The molecule has 1 aromatic heterocycles. The van der Waals surface area contributed by atoms with Crippen molar-refractivity contribution in [3.05, 3.63) is 30.1 Å². The largest absolute Gasteiger partial charge is 0.343 e. The molecule has 1 aliphatic rings. The quantitative estimate of drug-likeness (QED) is 0.758. The van der Waals surface area contributed by atoms with E-state index in [0.717, 1.165) is 18.4 Å². The molecule has 0 radical (unpaired) electrons. The molecule has 0 saturated carbocycles. The lowest BCUT2D eigenvalue weighted by Gasteiger charge is -2.26. The molecule has 0 bridgehead atoms. The van der Waals surface area contributed by atoms with Crippen LogP contribution < -0.4 is 10.0 Å². The van der Waals surface area contributed by atoms with Crippen LogP contribution in [-0.4, -0.2) is 43.9 Å². The average Bonchev–Trinajstić information content (AvgIpc) is 2.31. The Bertz CT molecular complexity index is 528. The van der Waals surface area contributed by atoms with Gasteiger partial charge >= 0.3 is 0 Å². The highest BCUT2D eigenvalue weighted by atomic mass is 32.2. The van der Waals surface area contributed by atoms with E-state index in [9.17, 15) is 8.42 Å². The van der Waals surface area contributed by atoms with Crippen molar-refractivity contribution in [1.82, 2.24) is 19.9 Å². The number of guanidine groups is 1. The van der Waals surface area contributed by atoms with Gasteiger partial charge in [-0.15, -0.1) is 0 Å². The van der Waals surface area contributed by atoms with Crippen molar-refractivity contribution in [2.24, 2.45) is 4.99 Å². The van der Waals surface area contributed by atoms with Crippen LogP contribution in [-0.2, 0) is 16.6 Å². The van der Waals surface area contributed by atoms with Gasteiger partial charge in [0.25, 0.3) is 0 Å². The zero-order valence-electron chi connectivity index (χ0n) is 10.00. The predicted molar refractivity (Wildman–Crippen MR) is 68.1 cm³/mol. The number of hydrogen-bond acceptors (Lipinski definition) is 6. The molecular weight excluding hydrogens is 254 g/mol. The Morgan fingerprint density at radius 3 is 2.94 bits per heavy atom. The molecule has 2 rings (SSSR count). The van der Waals surface area contributed by atoms with E-state index in [4.69, 9.17) is 0 Å². The number of nitrogens with one attached hydrogen (secondary N) is 2. The topological polar surface area (TPSA) is 86.7 Å². The Hall–Kier alpha value is -1.67. The first-order chi connectivity index (χ1) is 8.53. The normalized spacial score (nSPS) is 16.8. The minimum atomic E-state index is -3.27. The summed E-state index contributed by atoms with van der Waals surface area (Å²) in [6.07, 6.45) is 4.62. The van der Waals surface area contributed by atoms with E-state index in [1.165, 1.54) is 0 Å². The predicted octanol–water partition coefficient (Wildman–Crippen LogP) is -0.693. The lowest BCUT2D eigenvalue weighted by Crippen LogP contribution is -2.49. The first-order valence-corrected chi connectivity index (χ1v) is 7.29. The van der Waals surface area contributed by atoms with Gasteiger partial charge in [-0.05, 0) is 11.6 Å². The highest BCUT2D eigenvalue weighted by Gasteiger charge is 2.14. The summed E-state index contributed by atoms with van der Waals surface area (Å²) in [6, 6.07) is 3.87. The third kappa shape index (κ3) is 3.97. The average molecular weight is 269 g/mol. The molecule has 18 heavy (non-hydrogen) atoms. The molecular formula is C10H15N5O2S. The molecule has 98 valence electrons. The molecule has 0 aromatic carbocycles. The number of aliphatic imine (C=N–C) groups is 1. The van der Waals surface area contributed by atoms with Crippen molar-refractivity contribution in [2.45, 2.75) is 6.54 Å². The first-order valence-electron chi connectivity index (χ1n) is 5.40. The SMILES string of the molecule is CS(=O)(=O)NC1=NCN(Cc2cccnc2)CN1. The molecule has 0 spiro atoms. The van der Waals surface area contributed by atoms with E-state index < -0.39 is 10.0 Å². The molecule has 0 atom stereocenters. The molecule has 8 heteroatoms. The van der Waals surface area contributed by atoms with Crippen molar-refractivity contribution in [2.75, 3.05) is 19.6 Å². The van der Waals surface area contributed by atoms with E-state index >= 15 is 0 Å². The van der Waals surface area contributed by atoms with Gasteiger partial charge in [0.15, 0.2) is 0 Å². The second-order valence-electron chi connectivity index (χ2n) is 4.05. The summed E-state index contributed by atoms with van der Waals surface area (Å²) < 4.78 is 24.4. The second kappa shape index (κ2) is 5.32. The maximum Gasteiger partial charge on any atom is 0.232 e. The highest BCUT2D eigenvalue weighted by Crippen LogP contribution is 2.03. The van der Waals surface area contributed by atoms with E-state index in [0.29, 0.717) is 19.3 Å². The fourth-order valence-corrected chi connectivity index (χ4v) is 2.05. The monoisotopic (exact) mass is 269 g/mol. The van der Waals surface area contributed by atoms with Gasteiger partial charge < -0.3 is 5.32 Å². The maximum absolute atomic E-state index is 11.0. The third-order valence-corrected chi connectivity index (χ3v) is 2.87. The number of pyridine rings is 1. The van der Waals surface area contributed by atoms with Crippen molar-refractivity contribution in [1.29, 1.82) is 0 Å². The van der Waals surface area contributed by atoms with Crippen molar-refractivity contribution < 1.29 is 8.42 Å². The summed E-state index contributed by atoms with van der Waals surface area (Å²) in [7, 11) is -3.27. The molecule has 0 amide bonds. The molecule has 0 unspecified atom stereocenters. The van der Waals surface area contributed by atoms with Crippen molar-refractivity contribution >= 4 is 16.0 Å². The minimum absolute atomic E-state index is 0.292. The molecule has 7 nitrogen and oxygen atoms in total. The first kappa shape index (κ1) is 12.8. The smallest absolute Gasteiger partial charge is 0.232 e. The summed E-state index contributed by atoms with van der Waals surface area (Å²) in [6.45, 7) is 1.70. The second-order valence-corrected chi connectivity index (χ2v) is 5.80. The van der Waals surface area contributed by atoms with Crippen LogP contribution in [0.4, 0.5) is 0 Å². The Kier molecular flexibility index (Phi) is 3.78. The number of rotatable bonds is 3. The molecule has 2 heterocycles. The van der Waals surface area contributed by atoms with Gasteiger partial charge in [0, 0.05) is 18.9 Å². The number of nitrogens with zero attached hydrogens (tertiary/aromatic N) is 3. The summed E-state index contributed by atoms with van der Waals surface area (Å²) in [5, 5.41) is 2.91. The lowest BCUT2D eigenvalue weighted by molar-refractivity contribution is 0.255. The van der Waals surface area contributed by atoms with Crippen LogP contribution in [0.1, 0.15) is 5.56 Å². The number of hydrogen-bond donors (Lipinski definition) is 2. The molecule has 0 fully saturated rings. The summed E-state index contributed by atoms with van der Waals surface area (Å²) in [5.41, 5.74) is 1.09. The number of sulfonamides is 1. The van der Waals surface area contributed by atoms with E-state index in [1.54, 1.807) is 12.4 Å². The fraction of sp³-hybridized carbons (Fsp3) is 0.400. The van der Waals surface area contributed by atoms with Crippen LogP contribution in [0.25, 0.3) is 0 Å². The van der Waals surface area contributed by atoms with Crippen LogP contribution in [0, 0.1) is 0 Å². The van der Waals surface area contributed by atoms with Gasteiger partial charge in [0.1, 0.15) is 0 Å². The van der Waals surface area contributed by atoms with Gasteiger partial charge in [-0.1, -0.05) is 6.07 Å². The van der Waals surface area contributed by atoms with Gasteiger partial charge in [-0.3, -0.25) is 14.6 Å². The molecule has 1 aliphatic heterocycles. The van der Waals surface area contributed by atoms with E-state index in [1.807, 2.05) is 17.0 Å². The van der Waals surface area contributed by atoms with Crippen LogP contribution in [0.2, 0.25) is 0 Å². The van der Waals surface area contributed by atoms with Crippen LogP contribution in [0.3, 0.4) is 0 Å². The van der Waals surface area contributed by atoms with Crippen LogP contribution in [0.15, 0.2) is 29.5 Å². The standard InChI is InChI=1S/C10H15N5O2S/c1-18(16,17)14-10-12-7-15(8-13-10)6-9-3-2-4-11-5-9/h2-5H,6-8H2,1H3,(H2,12,13,14). The minimum Gasteiger partial charge on any atom is -0.343 e. The van der Waals surface area contributed by atoms with E-state index in [2.05, 4.69) is 20.0 Å². The van der Waals surface area contributed by atoms with Gasteiger partial charge in [-0.25, -0.2) is 13.4 Å². The van der Waals surface area contributed by atoms with Crippen molar-refractivity contribution in [3.63, 3.8) is 0 Å². The van der Waals surface area contributed by atoms with Crippen LogP contribution in [0.5, 0.6) is 0 Å².